The van der Waals surface area contributed by atoms with Crippen LogP contribution in [-0.4, -0.2) is 0 Å². The molecule has 0 rings (SSSR count). The van der Waals surface area contributed by atoms with Crippen molar-refractivity contribution in [3.63, 3.8) is 0 Å². The van der Waals surface area contributed by atoms with Crippen molar-refractivity contribution in [3.8, 4) is 0 Å². The highest BCUT2D eigenvalue weighted by atomic mass is 14.3. The van der Waals surface area contributed by atoms with Gasteiger partial charge in [0.05, 0.1) is 0 Å². The van der Waals surface area contributed by atoms with Crippen molar-refractivity contribution in [3.05, 3.63) is 0 Å². The van der Waals surface area contributed by atoms with Crippen LogP contribution in [0.15, 0.2) is 0 Å². The van der Waals surface area contributed by atoms with E-state index >= 15 is 0 Å². The Labute approximate surface area is 270 Å². The maximum atomic E-state index is 2.51. The van der Waals surface area contributed by atoms with Gasteiger partial charge in [-0.25, -0.2) is 0 Å². The van der Waals surface area contributed by atoms with Crippen LogP contribution in [0.1, 0.15) is 214 Å². The van der Waals surface area contributed by atoms with Crippen molar-refractivity contribution in [2.45, 2.75) is 214 Å². The molecule has 42 heavy (non-hydrogen) atoms. The molecule has 0 bridgehead atoms. The first-order chi connectivity index (χ1) is 18.9. The summed E-state index contributed by atoms with van der Waals surface area (Å²) in [5, 5.41) is 0. The van der Waals surface area contributed by atoms with E-state index < -0.39 is 0 Å². The summed E-state index contributed by atoms with van der Waals surface area (Å²) in [4.78, 5) is 0. The van der Waals surface area contributed by atoms with Crippen LogP contribution in [0, 0.1) is 57.2 Å². The normalized spacial score (nSPS) is 18.0. The molecule has 0 amide bonds. The van der Waals surface area contributed by atoms with E-state index in [9.17, 15) is 0 Å². The van der Waals surface area contributed by atoms with Gasteiger partial charge in [-0.3, -0.25) is 0 Å². The highest BCUT2D eigenvalue weighted by Crippen LogP contribution is 2.35. The molecule has 0 radical (unpaired) electrons. The van der Waals surface area contributed by atoms with E-state index in [2.05, 4.69) is 111 Å². The first kappa shape index (κ1) is 42.0. The minimum absolute atomic E-state index is 0.458. The second-order valence-electron chi connectivity index (χ2n) is 20.8. The molecule has 0 aliphatic rings. The second-order valence-corrected chi connectivity index (χ2v) is 20.8. The van der Waals surface area contributed by atoms with Crippen LogP contribution in [0.2, 0.25) is 0 Å². The summed E-state index contributed by atoms with van der Waals surface area (Å²) < 4.78 is 0. The van der Waals surface area contributed by atoms with Crippen LogP contribution in [0.3, 0.4) is 0 Å². The average molecular weight is 591 g/mol. The molecular formula is C42H86. The average Bonchev–Trinajstić information content (AvgIpc) is 2.74. The fraction of sp³-hybridized carbons (Fsp3) is 1.00. The van der Waals surface area contributed by atoms with E-state index in [1.54, 1.807) is 0 Å². The molecule has 0 N–H and O–H groups in total. The fourth-order valence-corrected chi connectivity index (χ4v) is 8.40. The SMILES string of the molecule is CC(CCC(CCCCC(CCC(C)CC(C)(C)C)CCC(C)CC(C)(C)C)CCC(C)CC(C)(C)C)CC(C)(C)C. The van der Waals surface area contributed by atoms with E-state index in [4.69, 9.17) is 0 Å². The minimum Gasteiger partial charge on any atom is -0.0625 e. The lowest BCUT2D eigenvalue weighted by atomic mass is 9.78. The Morgan fingerprint density at radius 1 is 0.286 bits per heavy atom. The van der Waals surface area contributed by atoms with E-state index in [0.717, 1.165) is 35.5 Å². The molecule has 4 atom stereocenters. The molecule has 0 aliphatic carbocycles. The van der Waals surface area contributed by atoms with Crippen molar-refractivity contribution in [1.29, 1.82) is 0 Å². The highest BCUT2D eigenvalue weighted by molar-refractivity contribution is 4.74. The van der Waals surface area contributed by atoms with Crippen molar-refractivity contribution < 1.29 is 0 Å². The third-order valence-corrected chi connectivity index (χ3v) is 9.59. The van der Waals surface area contributed by atoms with Gasteiger partial charge in [-0.15, -0.1) is 0 Å². The molecule has 0 spiro atoms. The first-order valence-electron chi connectivity index (χ1n) is 18.9. The zero-order chi connectivity index (χ0) is 32.8. The van der Waals surface area contributed by atoms with Gasteiger partial charge in [-0.1, -0.05) is 188 Å². The maximum absolute atomic E-state index is 2.51. The van der Waals surface area contributed by atoms with E-state index in [1.165, 1.54) is 103 Å². The predicted octanol–water partition coefficient (Wildman–Crippen LogP) is 15.2. The maximum Gasteiger partial charge on any atom is -0.0380 e. The molecule has 0 aliphatic heterocycles. The molecular weight excluding hydrogens is 504 g/mol. The third kappa shape index (κ3) is 27.5. The van der Waals surface area contributed by atoms with E-state index in [-0.39, 0.29) is 0 Å². The highest BCUT2D eigenvalue weighted by Gasteiger charge is 2.22. The molecule has 0 aromatic rings. The lowest BCUT2D eigenvalue weighted by molar-refractivity contribution is 0.244. The smallest absolute Gasteiger partial charge is 0.0380 e. The lowest BCUT2D eigenvalue weighted by Gasteiger charge is -2.28. The largest absolute Gasteiger partial charge is 0.0625 e. The summed E-state index contributed by atoms with van der Waals surface area (Å²) >= 11 is 0. The van der Waals surface area contributed by atoms with Crippen LogP contribution in [-0.2, 0) is 0 Å². The quantitative estimate of drug-likeness (QED) is 0.117. The number of rotatable bonds is 21. The molecule has 0 aromatic carbocycles. The number of hydrogen-bond donors (Lipinski definition) is 0. The zero-order valence-electron chi connectivity index (χ0n) is 32.8. The van der Waals surface area contributed by atoms with E-state index in [1.807, 2.05) is 0 Å². The molecule has 254 valence electrons. The van der Waals surface area contributed by atoms with Gasteiger partial charge in [-0.05, 0) is 82.9 Å². The molecule has 0 nitrogen and oxygen atoms in total. The molecule has 0 saturated carbocycles. The van der Waals surface area contributed by atoms with Gasteiger partial charge in [-0.2, -0.15) is 0 Å². The van der Waals surface area contributed by atoms with Crippen LogP contribution in [0.25, 0.3) is 0 Å². The molecule has 0 heterocycles. The Kier molecular flexibility index (Phi) is 19.5. The summed E-state index contributed by atoms with van der Waals surface area (Å²) in [6.07, 6.45) is 22.8. The first-order valence-corrected chi connectivity index (χ1v) is 18.9. The molecule has 0 aromatic heterocycles. The number of hydrogen-bond acceptors (Lipinski definition) is 0. The van der Waals surface area contributed by atoms with Crippen molar-refractivity contribution in [2.24, 2.45) is 57.2 Å². The molecule has 0 heteroatoms. The van der Waals surface area contributed by atoms with Gasteiger partial charge < -0.3 is 0 Å². The van der Waals surface area contributed by atoms with E-state index in [0.29, 0.717) is 21.7 Å². The molecule has 0 saturated heterocycles. The Morgan fingerprint density at radius 3 is 0.643 bits per heavy atom. The third-order valence-electron chi connectivity index (χ3n) is 9.59. The topological polar surface area (TPSA) is 0 Å². The monoisotopic (exact) mass is 591 g/mol. The summed E-state index contributed by atoms with van der Waals surface area (Å²) in [6, 6.07) is 0. The van der Waals surface area contributed by atoms with Crippen LogP contribution < -0.4 is 0 Å². The summed E-state index contributed by atoms with van der Waals surface area (Å²) in [6.45, 7) is 39.0. The van der Waals surface area contributed by atoms with Gasteiger partial charge in [0, 0.05) is 0 Å². The Morgan fingerprint density at radius 2 is 0.476 bits per heavy atom. The van der Waals surface area contributed by atoms with Gasteiger partial charge in [0.1, 0.15) is 0 Å². The second kappa shape index (κ2) is 19.5. The summed E-state index contributed by atoms with van der Waals surface area (Å²) in [7, 11) is 0. The van der Waals surface area contributed by atoms with Crippen LogP contribution in [0.4, 0.5) is 0 Å². The summed E-state index contributed by atoms with van der Waals surface area (Å²) in [5.74, 6) is 5.30. The summed E-state index contributed by atoms with van der Waals surface area (Å²) in [5.41, 5.74) is 1.83. The van der Waals surface area contributed by atoms with Crippen molar-refractivity contribution in [1.82, 2.24) is 0 Å². The van der Waals surface area contributed by atoms with Crippen LogP contribution >= 0.6 is 0 Å². The van der Waals surface area contributed by atoms with Gasteiger partial charge >= 0.3 is 0 Å². The number of unbranched alkanes of at least 4 members (excludes halogenated alkanes) is 1. The van der Waals surface area contributed by atoms with Crippen molar-refractivity contribution in [2.75, 3.05) is 0 Å². The minimum atomic E-state index is 0.458. The lowest BCUT2D eigenvalue weighted by Crippen LogP contribution is -2.15. The van der Waals surface area contributed by atoms with Crippen molar-refractivity contribution >= 4 is 0 Å². The standard InChI is InChI=1S/C42H86/c1-33(29-39(5,6)7)21-25-37(26-22-34(2)30-40(8,9)10)19-17-18-20-38(27-23-35(3)31-41(11,12)13)28-24-36(4)32-42(14,15)16/h33-38H,17-32H2,1-16H3. The van der Waals surface area contributed by atoms with Gasteiger partial charge in [0.25, 0.3) is 0 Å². The molecule has 4 unspecified atom stereocenters. The molecule has 0 fully saturated rings. The van der Waals surface area contributed by atoms with Crippen LogP contribution in [0.5, 0.6) is 0 Å². The zero-order valence-corrected chi connectivity index (χ0v) is 32.8. The predicted molar refractivity (Wildman–Crippen MR) is 195 cm³/mol. The van der Waals surface area contributed by atoms with Gasteiger partial charge in [0.2, 0.25) is 0 Å². The fourth-order valence-electron chi connectivity index (χ4n) is 8.40. The Bertz CT molecular complexity index is 531. The Hall–Kier alpha value is 0. The van der Waals surface area contributed by atoms with Gasteiger partial charge in [0.15, 0.2) is 0 Å². The Balaban J connectivity index is 5.08.